The smallest absolute Gasteiger partial charge is 0.266 e. The van der Waals surface area contributed by atoms with E-state index in [1.807, 2.05) is 66.2 Å². The predicted molar refractivity (Wildman–Crippen MR) is 111 cm³/mol. The van der Waals surface area contributed by atoms with Gasteiger partial charge in [0.2, 0.25) is 0 Å². The van der Waals surface area contributed by atoms with Gasteiger partial charge in [0.05, 0.1) is 7.11 Å². The molecule has 1 N–H and O–H groups in total. The number of carbonyl (C=O) groups is 1. The fourth-order valence-electron chi connectivity index (χ4n) is 2.70. The molecule has 0 fully saturated rings. The van der Waals surface area contributed by atoms with E-state index in [4.69, 9.17) is 16.3 Å². The second kappa shape index (κ2) is 8.47. The van der Waals surface area contributed by atoms with Gasteiger partial charge in [0.25, 0.3) is 5.91 Å². The third-order valence-electron chi connectivity index (χ3n) is 4.24. The number of nitrogens with one attached hydrogen (secondary N) is 1. The van der Waals surface area contributed by atoms with Crippen molar-refractivity contribution in [1.29, 1.82) is 5.26 Å². The molecule has 2 aromatic carbocycles. The summed E-state index contributed by atoms with van der Waals surface area (Å²) < 4.78 is 7.06. The van der Waals surface area contributed by atoms with Gasteiger partial charge in [-0.15, -0.1) is 0 Å². The van der Waals surface area contributed by atoms with Crippen molar-refractivity contribution in [2.45, 2.75) is 6.92 Å². The zero-order valence-electron chi connectivity index (χ0n) is 15.4. The molecule has 1 amide bonds. The van der Waals surface area contributed by atoms with E-state index in [0.29, 0.717) is 16.4 Å². The number of hydrogen-bond donors (Lipinski definition) is 1. The molecule has 0 aliphatic heterocycles. The molecule has 0 saturated heterocycles. The molecule has 0 unspecified atom stereocenters. The Morgan fingerprint density at radius 2 is 1.96 bits per heavy atom. The van der Waals surface area contributed by atoms with Gasteiger partial charge in [0.1, 0.15) is 17.4 Å². The van der Waals surface area contributed by atoms with Gasteiger partial charge < -0.3 is 14.6 Å². The van der Waals surface area contributed by atoms with Crippen molar-refractivity contribution in [1.82, 2.24) is 4.57 Å². The monoisotopic (exact) mass is 391 g/mol. The SMILES string of the molecule is COc1ccc(-n2cccc2/C=C(/C#N)C(=O)Nc2cc(Cl)ccc2C)cc1. The molecule has 5 nitrogen and oxygen atoms in total. The maximum atomic E-state index is 12.6. The number of hydrogen-bond acceptors (Lipinski definition) is 3. The van der Waals surface area contributed by atoms with Gasteiger partial charge in [0, 0.05) is 28.3 Å². The molecule has 0 aliphatic carbocycles. The van der Waals surface area contributed by atoms with E-state index >= 15 is 0 Å². The fraction of sp³-hybridized carbons (Fsp3) is 0.0909. The molecule has 0 radical (unpaired) electrons. The standard InChI is InChI=1S/C22H18ClN3O2/c1-15-5-6-17(23)13-21(15)25-22(27)16(14-24)12-19-4-3-11-26(19)18-7-9-20(28-2)10-8-18/h3-13H,1-2H3,(H,25,27)/b16-12-. The number of anilines is 1. The van der Waals surface area contributed by atoms with Crippen LogP contribution in [0.25, 0.3) is 11.8 Å². The Bertz CT molecular complexity index is 1080. The van der Waals surface area contributed by atoms with Crippen molar-refractivity contribution in [3.05, 3.63) is 82.6 Å². The number of amides is 1. The largest absolute Gasteiger partial charge is 0.497 e. The summed E-state index contributed by atoms with van der Waals surface area (Å²) in [5.41, 5.74) is 3.02. The lowest BCUT2D eigenvalue weighted by Gasteiger charge is -2.10. The maximum Gasteiger partial charge on any atom is 0.266 e. The summed E-state index contributed by atoms with van der Waals surface area (Å²) in [5.74, 6) is 0.261. The van der Waals surface area contributed by atoms with E-state index in [0.717, 1.165) is 17.0 Å². The number of halogens is 1. The minimum absolute atomic E-state index is 0.00663. The number of aromatic nitrogens is 1. The summed E-state index contributed by atoms with van der Waals surface area (Å²) in [5, 5.41) is 12.8. The van der Waals surface area contributed by atoms with Crippen molar-refractivity contribution in [2.75, 3.05) is 12.4 Å². The maximum absolute atomic E-state index is 12.6. The summed E-state index contributed by atoms with van der Waals surface area (Å²) in [7, 11) is 1.61. The molecule has 0 aliphatic rings. The molecule has 0 bridgehead atoms. The van der Waals surface area contributed by atoms with Crippen molar-refractivity contribution < 1.29 is 9.53 Å². The van der Waals surface area contributed by atoms with E-state index < -0.39 is 5.91 Å². The normalized spacial score (nSPS) is 11.0. The molecule has 0 atom stereocenters. The fourth-order valence-corrected chi connectivity index (χ4v) is 2.88. The number of aryl methyl sites for hydroxylation is 1. The Labute approximate surface area is 168 Å². The summed E-state index contributed by atoms with van der Waals surface area (Å²) in [6.07, 6.45) is 3.42. The summed E-state index contributed by atoms with van der Waals surface area (Å²) in [6.45, 7) is 1.86. The molecule has 3 aromatic rings. The molecular formula is C22H18ClN3O2. The second-order valence-corrected chi connectivity index (χ2v) is 6.52. The van der Waals surface area contributed by atoms with Crippen LogP contribution in [0.5, 0.6) is 5.75 Å². The van der Waals surface area contributed by atoms with Gasteiger partial charge >= 0.3 is 0 Å². The quantitative estimate of drug-likeness (QED) is 0.492. The second-order valence-electron chi connectivity index (χ2n) is 6.08. The topological polar surface area (TPSA) is 67.0 Å². The number of methoxy groups -OCH3 is 1. The first-order valence-corrected chi connectivity index (χ1v) is 8.90. The van der Waals surface area contributed by atoms with E-state index in [9.17, 15) is 10.1 Å². The van der Waals surface area contributed by atoms with E-state index in [2.05, 4.69) is 5.32 Å². The average Bonchev–Trinajstić information content (AvgIpc) is 3.17. The van der Waals surface area contributed by atoms with Crippen LogP contribution in [0.4, 0.5) is 5.69 Å². The molecule has 1 aromatic heterocycles. The van der Waals surface area contributed by atoms with Crippen LogP contribution in [0.3, 0.4) is 0 Å². The minimum Gasteiger partial charge on any atom is -0.497 e. The molecule has 3 rings (SSSR count). The highest BCUT2D eigenvalue weighted by atomic mass is 35.5. The lowest BCUT2D eigenvalue weighted by Crippen LogP contribution is -2.14. The van der Waals surface area contributed by atoms with Crippen molar-refractivity contribution in [3.8, 4) is 17.5 Å². The Balaban J connectivity index is 1.89. The Kier molecular flexibility index (Phi) is 5.83. The van der Waals surface area contributed by atoms with Crippen LogP contribution < -0.4 is 10.1 Å². The number of nitriles is 1. The first-order valence-electron chi connectivity index (χ1n) is 8.53. The Morgan fingerprint density at radius 3 is 2.64 bits per heavy atom. The molecule has 6 heteroatoms. The minimum atomic E-state index is -0.490. The first kappa shape index (κ1) is 19.3. The average molecular weight is 392 g/mol. The predicted octanol–water partition coefficient (Wildman–Crippen LogP) is 4.99. The number of rotatable bonds is 5. The summed E-state index contributed by atoms with van der Waals surface area (Å²) in [6, 6.07) is 18.4. The zero-order chi connectivity index (χ0) is 20.1. The van der Waals surface area contributed by atoms with Crippen LogP contribution in [0, 0.1) is 18.3 Å². The van der Waals surface area contributed by atoms with Crippen LogP contribution in [0.1, 0.15) is 11.3 Å². The van der Waals surface area contributed by atoms with Gasteiger partial charge in [-0.1, -0.05) is 17.7 Å². The Morgan fingerprint density at radius 1 is 1.21 bits per heavy atom. The van der Waals surface area contributed by atoms with Crippen molar-refractivity contribution in [2.24, 2.45) is 0 Å². The van der Waals surface area contributed by atoms with Crippen LogP contribution >= 0.6 is 11.6 Å². The highest BCUT2D eigenvalue weighted by Crippen LogP contribution is 2.22. The van der Waals surface area contributed by atoms with Crippen LogP contribution in [-0.2, 0) is 4.79 Å². The molecule has 1 heterocycles. The summed E-state index contributed by atoms with van der Waals surface area (Å²) >= 11 is 6.00. The van der Waals surface area contributed by atoms with Crippen molar-refractivity contribution in [3.63, 3.8) is 0 Å². The number of ether oxygens (including phenoxy) is 1. The summed E-state index contributed by atoms with van der Waals surface area (Å²) in [4.78, 5) is 12.6. The van der Waals surface area contributed by atoms with Crippen LogP contribution in [0.2, 0.25) is 5.02 Å². The Hall–Kier alpha value is -3.49. The van der Waals surface area contributed by atoms with Gasteiger partial charge in [-0.3, -0.25) is 4.79 Å². The van der Waals surface area contributed by atoms with E-state index in [1.54, 1.807) is 25.3 Å². The number of nitrogens with zero attached hydrogens (tertiary/aromatic N) is 2. The van der Waals surface area contributed by atoms with Crippen molar-refractivity contribution >= 4 is 29.3 Å². The molecule has 28 heavy (non-hydrogen) atoms. The number of benzene rings is 2. The highest BCUT2D eigenvalue weighted by Gasteiger charge is 2.13. The third kappa shape index (κ3) is 4.25. The van der Waals surface area contributed by atoms with E-state index in [-0.39, 0.29) is 5.57 Å². The third-order valence-corrected chi connectivity index (χ3v) is 4.47. The molecule has 0 spiro atoms. The molecule has 0 saturated carbocycles. The van der Waals surface area contributed by atoms with Gasteiger partial charge in [-0.05, 0) is 67.1 Å². The lowest BCUT2D eigenvalue weighted by atomic mass is 10.1. The molecular weight excluding hydrogens is 374 g/mol. The number of carbonyl (C=O) groups excluding carboxylic acids is 1. The van der Waals surface area contributed by atoms with E-state index in [1.165, 1.54) is 0 Å². The zero-order valence-corrected chi connectivity index (χ0v) is 16.2. The van der Waals surface area contributed by atoms with Gasteiger partial charge in [-0.2, -0.15) is 5.26 Å². The van der Waals surface area contributed by atoms with Gasteiger partial charge in [0.15, 0.2) is 0 Å². The van der Waals surface area contributed by atoms with Crippen LogP contribution in [-0.4, -0.2) is 17.6 Å². The first-order chi connectivity index (χ1) is 13.5. The van der Waals surface area contributed by atoms with Gasteiger partial charge in [-0.25, -0.2) is 0 Å². The highest BCUT2D eigenvalue weighted by molar-refractivity contribution is 6.31. The molecule has 140 valence electrons. The van der Waals surface area contributed by atoms with Crippen LogP contribution in [0.15, 0.2) is 66.4 Å². The lowest BCUT2D eigenvalue weighted by molar-refractivity contribution is -0.112.